The maximum absolute atomic E-state index is 13.2. The van der Waals surface area contributed by atoms with Crippen LogP contribution < -0.4 is 0 Å². The molecule has 1 saturated heterocycles. The first-order valence-electron chi connectivity index (χ1n) is 17.0. The maximum atomic E-state index is 13.2. The molecule has 272 valence electrons. The van der Waals surface area contributed by atoms with Crippen molar-refractivity contribution in [1.82, 2.24) is 0 Å². The molecule has 8 heteroatoms. The van der Waals surface area contributed by atoms with E-state index in [-0.39, 0.29) is 77.1 Å². The highest BCUT2D eigenvalue weighted by Crippen LogP contribution is 2.68. The number of hydrogen-bond donors (Lipinski definition) is 0. The van der Waals surface area contributed by atoms with Crippen LogP contribution in [0.4, 0.5) is 0 Å². The minimum Gasteiger partial charge on any atom is -0.462 e. The number of esters is 4. The average molecular weight is 665 g/mol. The van der Waals surface area contributed by atoms with Gasteiger partial charge in [0.1, 0.15) is 11.7 Å². The van der Waals surface area contributed by atoms with Gasteiger partial charge in [0.25, 0.3) is 5.79 Å². The van der Waals surface area contributed by atoms with E-state index >= 15 is 0 Å². The quantitative estimate of drug-likeness (QED) is 0.151. The fourth-order valence-electron chi connectivity index (χ4n) is 11.1. The molecular weight excluding hydrogens is 596 g/mol. The van der Waals surface area contributed by atoms with Gasteiger partial charge in [0.05, 0.1) is 23.2 Å². The molecule has 0 amide bonds. The Bertz CT molecular complexity index is 1160. The molecule has 8 nitrogen and oxygen atoms in total. The second kappa shape index (κ2) is 14.4. The van der Waals surface area contributed by atoms with Gasteiger partial charge in [-0.1, -0.05) is 43.6 Å². The van der Waals surface area contributed by atoms with Crippen molar-refractivity contribution in [2.24, 2.45) is 64.6 Å². The van der Waals surface area contributed by atoms with E-state index in [1.807, 2.05) is 41.5 Å². The molecule has 0 spiro atoms. The number of ether oxygens (including phenoxy) is 4. The Kier molecular flexibility index (Phi) is 12.6. The van der Waals surface area contributed by atoms with Crippen LogP contribution in [-0.2, 0) is 38.1 Å². The van der Waals surface area contributed by atoms with Gasteiger partial charge in [-0.3, -0.25) is 19.2 Å². The largest absolute Gasteiger partial charge is 0.462 e. The predicted molar refractivity (Wildman–Crippen MR) is 184 cm³/mol. The summed E-state index contributed by atoms with van der Waals surface area (Å²) in [5.74, 6) is 2.41. The normalized spacial score (nSPS) is 40.1. The Balaban J connectivity index is 0.000000575. The fraction of sp³-hybridized carbons (Fsp3) is 0.897. The fourth-order valence-corrected chi connectivity index (χ4v) is 11.1. The molecule has 13 unspecified atom stereocenters. The molecule has 0 aromatic rings. The second-order valence-electron chi connectivity index (χ2n) is 16.4. The minimum absolute atomic E-state index is 0. The van der Waals surface area contributed by atoms with Crippen LogP contribution in [0.2, 0.25) is 0 Å². The number of fused-ring (bicyclic) bond motifs is 10. The Labute approximate surface area is 286 Å². The van der Waals surface area contributed by atoms with Gasteiger partial charge in [-0.15, -0.1) is 0 Å². The summed E-state index contributed by atoms with van der Waals surface area (Å²) in [7, 11) is 0. The van der Waals surface area contributed by atoms with Gasteiger partial charge < -0.3 is 18.9 Å². The summed E-state index contributed by atoms with van der Waals surface area (Å²) in [6, 6.07) is 0. The third kappa shape index (κ3) is 7.13. The first-order valence-corrected chi connectivity index (χ1v) is 17.0. The summed E-state index contributed by atoms with van der Waals surface area (Å²) in [5.41, 5.74) is -0.841. The van der Waals surface area contributed by atoms with Gasteiger partial charge in [0.2, 0.25) is 0 Å². The van der Waals surface area contributed by atoms with E-state index in [9.17, 15) is 19.2 Å². The summed E-state index contributed by atoms with van der Waals surface area (Å²) in [6.45, 7) is 12.7. The maximum Gasteiger partial charge on any atom is 0.315 e. The molecule has 7 fully saturated rings. The van der Waals surface area contributed by atoms with Gasteiger partial charge >= 0.3 is 23.9 Å². The SMILES string of the molecule is C.C.C.C.CC(=O)OC(C)(C)C.CCC(CC(C)C(=O)OC1CC2CC1C1C3CCC(C3)C21)C(=O)OC12CC3CC1C(C)(C3)C(=O)O2. The first-order chi connectivity index (χ1) is 20.1. The van der Waals surface area contributed by atoms with E-state index in [0.29, 0.717) is 31.1 Å². The van der Waals surface area contributed by atoms with Crippen molar-refractivity contribution in [3.63, 3.8) is 0 Å². The van der Waals surface area contributed by atoms with E-state index in [1.165, 1.54) is 32.6 Å². The molecule has 7 rings (SSSR count). The van der Waals surface area contributed by atoms with Crippen molar-refractivity contribution in [2.45, 2.75) is 160 Å². The molecule has 13 atom stereocenters. The number of carbonyl (C=O) groups is 4. The Morgan fingerprint density at radius 3 is 2.11 bits per heavy atom. The monoisotopic (exact) mass is 664 g/mol. The van der Waals surface area contributed by atoms with Crippen LogP contribution in [0.5, 0.6) is 0 Å². The van der Waals surface area contributed by atoms with Crippen molar-refractivity contribution in [2.75, 3.05) is 0 Å². The van der Waals surface area contributed by atoms with Gasteiger partial charge in [0.15, 0.2) is 0 Å². The van der Waals surface area contributed by atoms with E-state index in [0.717, 1.165) is 48.9 Å². The van der Waals surface area contributed by atoms with Crippen LogP contribution in [0, 0.1) is 64.6 Å². The highest BCUT2D eigenvalue weighted by atomic mass is 16.7. The van der Waals surface area contributed by atoms with Crippen LogP contribution in [0.3, 0.4) is 0 Å². The van der Waals surface area contributed by atoms with Gasteiger partial charge in [-0.05, 0) is 127 Å². The minimum atomic E-state index is -1.08. The van der Waals surface area contributed by atoms with E-state index in [4.69, 9.17) is 18.9 Å². The molecule has 6 bridgehead atoms. The molecule has 7 aliphatic rings. The summed E-state index contributed by atoms with van der Waals surface area (Å²) in [6.07, 6.45) is 9.94. The van der Waals surface area contributed by atoms with Crippen LogP contribution in [-0.4, -0.2) is 41.4 Å². The zero-order valence-corrected chi connectivity index (χ0v) is 27.2. The van der Waals surface area contributed by atoms with Crippen molar-refractivity contribution >= 4 is 23.9 Å². The summed E-state index contributed by atoms with van der Waals surface area (Å²) >= 11 is 0. The van der Waals surface area contributed by atoms with Crippen LogP contribution in [0.25, 0.3) is 0 Å². The molecule has 47 heavy (non-hydrogen) atoms. The molecule has 0 radical (unpaired) electrons. The molecule has 0 aromatic heterocycles. The lowest BCUT2D eigenvalue weighted by Gasteiger charge is -2.38. The van der Waals surface area contributed by atoms with E-state index in [1.54, 1.807) is 0 Å². The van der Waals surface area contributed by atoms with Gasteiger partial charge in [-0.25, -0.2) is 0 Å². The van der Waals surface area contributed by atoms with E-state index < -0.39 is 17.1 Å². The third-order valence-corrected chi connectivity index (χ3v) is 12.4. The standard InChI is InChI=1S/C29H40O6.C6H12O2.4CH4/c1-4-16(26(31)34-29-13-15-8-22(29)28(3,12-15)27(32)35-29)7-14(2)25(30)33-21-11-19-10-20(21)24-18-6-5-17(9-18)23(19)24;1-5(7)8-6(2,3)4;;;;/h14-24H,4-13H2,1-3H3;1-4H3;4*1H4. The highest BCUT2D eigenvalue weighted by Gasteiger charge is 2.74. The third-order valence-electron chi connectivity index (χ3n) is 12.4. The molecule has 0 aromatic carbocycles. The van der Waals surface area contributed by atoms with Crippen molar-refractivity contribution < 1.29 is 38.1 Å². The Hall–Kier alpha value is -2.12. The number of rotatable bonds is 7. The van der Waals surface area contributed by atoms with Crippen LogP contribution >= 0.6 is 0 Å². The number of carbonyl (C=O) groups excluding carboxylic acids is 4. The topological polar surface area (TPSA) is 105 Å². The zero-order chi connectivity index (χ0) is 31.1. The lowest BCUT2D eigenvalue weighted by Crippen LogP contribution is -2.43. The average Bonchev–Trinajstić information content (AvgIpc) is 3.73. The summed E-state index contributed by atoms with van der Waals surface area (Å²) in [4.78, 5) is 49.2. The van der Waals surface area contributed by atoms with Crippen molar-refractivity contribution in [1.29, 1.82) is 0 Å². The van der Waals surface area contributed by atoms with Crippen LogP contribution in [0.15, 0.2) is 0 Å². The second-order valence-corrected chi connectivity index (χ2v) is 16.4. The predicted octanol–water partition coefficient (Wildman–Crippen LogP) is 8.78. The molecule has 6 saturated carbocycles. The summed E-state index contributed by atoms with van der Waals surface area (Å²) < 4.78 is 22.7. The van der Waals surface area contributed by atoms with Crippen molar-refractivity contribution in [3.8, 4) is 0 Å². The van der Waals surface area contributed by atoms with Crippen molar-refractivity contribution in [3.05, 3.63) is 0 Å². The van der Waals surface area contributed by atoms with Crippen LogP contribution in [0.1, 0.15) is 142 Å². The lowest BCUT2D eigenvalue weighted by molar-refractivity contribution is -0.226. The Morgan fingerprint density at radius 1 is 0.915 bits per heavy atom. The molecule has 1 aliphatic heterocycles. The zero-order valence-electron chi connectivity index (χ0n) is 27.2. The molecular formula is C39H68O8. The molecule has 6 aliphatic carbocycles. The van der Waals surface area contributed by atoms with E-state index in [2.05, 4.69) is 0 Å². The van der Waals surface area contributed by atoms with Gasteiger partial charge in [-0.2, -0.15) is 0 Å². The smallest absolute Gasteiger partial charge is 0.315 e. The Morgan fingerprint density at radius 2 is 1.55 bits per heavy atom. The lowest BCUT2D eigenvalue weighted by atomic mass is 9.70. The molecule has 1 heterocycles. The summed E-state index contributed by atoms with van der Waals surface area (Å²) in [5, 5.41) is 0. The highest BCUT2D eigenvalue weighted by molar-refractivity contribution is 5.82. The van der Waals surface area contributed by atoms with Gasteiger partial charge in [0, 0.05) is 13.3 Å². The number of hydrogen-bond acceptors (Lipinski definition) is 8. The first kappa shape index (κ1) is 41.1. The molecule has 0 N–H and O–H groups in total.